The maximum absolute atomic E-state index is 12.3. The average Bonchev–Trinajstić information content (AvgIpc) is 3.24. The van der Waals surface area contributed by atoms with Gasteiger partial charge in [0.1, 0.15) is 11.6 Å². The Morgan fingerprint density at radius 2 is 2.28 bits per heavy atom. The van der Waals surface area contributed by atoms with E-state index in [1.54, 1.807) is 6.07 Å². The molecule has 3 aromatic rings. The summed E-state index contributed by atoms with van der Waals surface area (Å²) in [5.74, 6) is 0. The van der Waals surface area contributed by atoms with Gasteiger partial charge in [0, 0.05) is 24.8 Å². The molecule has 2 heterocycles. The van der Waals surface area contributed by atoms with E-state index in [-0.39, 0.29) is 5.56 Å². The Bertz CT molecular complexity index is 1030. The van der Waals surface area contributed by atoms with E-state index < -0.39 is 0 Å². The molecule has 1 N–H and O–H groups in total. The molecule has 25 heavy (non-hydrogen) atoms. The molecule has 1 aliphatic carbocycles. The molecule has 1 aliphatic rings. The molecular formula is C19H19N5O. The second kappa shape index (κ2) is 6.19. The van der Waals surface area contributed by atoms with Crippen LogP contribution >= 0.6 is 0 Å². The van der Waals surface area contributed by atoms with E-state index in [1.165, 1.54) is 21.8 Å². The van der Waals surface area contributed by atoms with Crippen molar-refractivity contribution in [3.05, 3.63) is 69.3 Å². The molecule has 6 nitrogen and oxygen atoms in total. The van der Waals surface area contributed by atoms with E-state index in [0.29, 0.717) is 29.5 Å². The van der Waals surface area contributed by atoms with E-state index in [0.717, 1.165) is 19.4 Å². The number of nitrogens with zero attached hydrogens (tertiary/aromatic N) is 4. The highest BCUT2D eigenvalue weighted by atomic mass is 16.1. The third-order valence-corrected chi connectivity index (χ3v) is 4.98. The van der Waals surface area contributed by atoms with Crippen molar-refractivity contribution in [3.63, 3.8) is 0 Å². The number of aryl methyl sites for hydroxylation is 1. The summed E-state index contributed by atoms with van der Waals surface area (Å²) < 4.78 is 1.31. The fourth-order valence-electron chi connectivity index (χ4n) is 3.76. The molecule has 0 saturated carbocycles. The molecule has 126 valence electrons. The number of rotatable bonds is 4. The van der Waals surface area contributed by atoms with E-state index in [4.69, 9.17) is 0 Å². The van der Waals surface area contributed by atoms with E-state index >= 15 is 0 Å². The van der Waals surface area contributed by atoms with Crippen LogP contribution in [0.1, 0.15) is 41.8 Å². The monoisotopic (exact) mass is 333 g/mol. The fraction of sp³-hybridized carbons (Fsp3) is 0.316. The van der Waals surface area contributed by atoms with Crippen molar-refractivity contribution in [2.24, 2.45) is 0 Å². The summed E-state index contributed by atoms with van der Waals surface area (Å²) in [5.41, 5.74) is 4.08. The van der Waals surface area contributed by atoms with Crippen molar-refractivity contribution in [2.45, 2.75) is 32.4 Å². The standard InChI is InChI=1S/C19H19N5O/c1-2-23(17-8-7-13-5-3-4-6-16(13)17)12-15-9-18(25)24-19(22-15)14(10-20)11-21-24/h3-6,9,11,17,21H,2,7-8,12H2,1H3. The van der Waals surface area contributed by atoms with Crippen LogP contribution in [0.15, 0.2) is 41.3 Å². The van der Waals surface area contributed by atoms with Crippen molar-refractivity contribution in [3.8, 4) is 6.07 Å². The van der Waals surface area contributed by atoms with E-state index in [9.17, 15) is 10.1 Å². The average molecular weight is 333 g/mol. The number of fused-ring (bicyclic) bond motifs is 2. The molecule has 0 amide bonds. The number of aromatic nitrogens is 3. The lowest BCUT2D eigenvalue weighted by molar-refractivity contribution is 0.196. The summed E-state index contributed by atoms with van der Waals surface area (Å²) in [4.78, 5) is 19.2. The quantitative estimate of drug-likeness (QED) is 0.795. The van der Waals surface area contributed by atoms with Gasteiger partial charge in [-0.2, -0.15) is 5.26 Å². The van der Waals surface area contributed by atoms with E-state index in [2.05, 4.69) is 52.2 Å². The molecule has 4 rings (SSSR count). The fourth-order valence-corrected chi connectivity index (χ4v) is 3.76. The molecule has 6 heteroatoms. The topological polar surface area (TPSA) is 77.2 Å². The van der Waals surface area contributed by atoms with Crippen molar-refractivity contribution >= 4 is 5.65 Å². The minimum Gasteiger partial charge on any atom is -0.295 e. The van der Waals surface area contributed by atoms with Gasteiger partial charge in [-0.05, 0) is 30.5 Å². The summed E-state index contributed by atoms with van der Waals surface area (Å²) in [6.45, 7) is 3.60. The Kier molecular flexibility index (Phi) is 3.86. The van der Waals surface area contributed by atoms with Crippen LogP contribution in [0.2, 0.25) is 0 Å². The number of aromatic amines is 1. The first-order valence-corrected chi connectivity index (χ1v) is 8.53. The molecule has 1 atom stereocenters. The first kappa shape index (κ1) is 15.6. The van der Waals surface area contributed by atoms with Crippen LogP contribution in [-0.2, 0) is 13.0 Å². The maximum atomic E-state index is 12.3. The Hall–Kier alpha value is -2.91. The summed E-state index contributed by atoms with van der Waals surface area (Å²) in [7, 11) is 0. The van der Waals surface area contributed by atoms with Gasteiger partial charge in [-0.1, -0.05) is 31.2 Å². The first-order chi connectivity index (χ1) is 12.2. The predicted molar refractivity (Wildman–Crippen MR) is 94.1 cm³/mol. The molecule has 0 spiro atoms. The first-order valence-electron chi connectivity index (χ1n) is 8.53. The Balaban J connectivity index is 1.68. The lowest BCUT2D eigenvalue weighted by atomic mass is 10.1. The smallest absolute Gasteiger partial charge is 0.272 e. The predicted octanol–water partition coefficient (Wildman–Crippen LogP) is 2.40. The number of H-pyrrole nitrogens is 1. The molecule has 2 aromatic heterocycles. The Morgan fingerprint density at radius 3 is 3.08 bits per heavy atom. The van der Waals surface area contributed by atoms with Crippen LogP contribution in [0.5, 0.6) is 0 Å². The van der Waals surface area contributed by atoms with Crippen LogP contribution < -0.4 is 5.56 Å². The van der Waals surface area contributed by atoms with Gasteiger partial charge in [-0.25, -0.2) is 9.50 Å². The van der Waals surface area contributed by atoms with E-state index in [1.807, 2.05) is 0 Å². The minimum atomic E-state index is -0.190. The second-order valence-corrected chi connectivity index (χ2v) is 6.36. The lowest BCUT2D eigenvalue weighted by Crippen LogP contribution is -2.28. The lowest BCUT2D eigenvalue weighted by Gasteiger charge is -2.28. The molecule has 0 bridgehead atoms. The van der Waals surface area contributed by atoms with Crippen LogP contribution in [-0.4, -0.2) is 26.0 Å². The van der Waals surface area contributed by atoms with Gasteiger partial charge in [0.2, 0.25) is 0 Å². The normalized spacial score (nSPS) is 16.3. The Labute approximate surface area is 145 Å². The van der Waals surface area contributed by atoms with Crippen LogP contribution in [0, 0.1) is 11.3 Å². The third kappa shape index (κ3) is 2.63. The van der Waals surface area contributed by atoms with Crippen molar-refractivity contribution < 1.29 is 0 Å². The molecular weight excluding hydrogens is 314 g/mol. The minimum absolute atomic E-state index is 0.190. The molecule has 1 aromatic carbocycles. The number of hydrogen-bond donors (Lipinski definition) is 1. The molecule has 0 fully saturated rings. The highest BCUT2D eigenvalue weighted by Gasteiger charge is 2.27. The number of hydrogen-bond acceptors (Lipinski definition) is 4. The van der Waals surface area contributed by atoms with Crippen LogP contribution in [0.25, 0.3) is 5.65 Å². The second-order valence-electron chi connectivity index (χ2n) is 6.36. The number of benzene rings is 1. The van der Waals surface area contributed by atoms with Gasteiger partial charge in [0.15, 0.2) is 5.65 Å². The summed E-state index contributed by atoms with van der Waals surface area (Å²) in [6.07, 6.45) is 3.68. The summed E-state index contributed by atoms with van der Waals surface area (Å²) in [6, 6.07) is 12.5. The van der Waals surface area contributed by atoms with Crippen molar-refractivity contribution in [1.82, 2.24) is 19.5 Å². The molecule has 1 unspecified atom stereocenters. The zero-order valence-electron chi connectivity index (χ0n) is 14.1. The zero-order chi connectivity index (χ0) is 17.4. The van der Waals surface area contributed by atoms with Gasteiger partial charge in [0.05, 0.1) is 5.69 Å². The highest BCUT2D eigenvalue weighted by molar-refractivity contribution is 5.53. The van der Waals surface area contributed by atoms with Gasteiger partial charge in [0.25, 0.3) is 5.56 Å². The van der Waals surface area contributed by atoms with Crippen LogP contribution in [0.3, 0.4) is 0 Å². The molecule has 0 saturated heterocycles. The highest BCUT2D eigenvalue weighted by Crippen LogP contribution is 2.36. The summed E-state index contributed by atoms with van der Waals surface area (Å²) in [5, 5.41) is 12.0. The maximum Gasteiger partial charge on any atom is 0.272 e. The van der Waals surface area contributed by atoms with Crippen molar-refractivity contribution in [2.75, 3.05) is 6.54 Å². The molecule has 0 aliphatic heterocycles. The van der Waals surface area contributed by atoms with Gasteiger partial charge >= 0.3 is 0 Å². The Morgan fingerprint density at radius 1 is 1.44 bits per heavy atom. The zero-order valence-corrected chi connectivity index (χ0v) is 14.1. The van der Waals surface area contributed by atoms with Gasteiger partial charge < -0.3 is 0 Å². The van der Waals surface area contributed by atoms with Gasteiger partial charge in [-0.3, -0.25) is 14.8 Å². The molecule has 0 radical (unpaired) electrons. The van der Waals surface area contributed by atoms with Gasteiger partial charge in [-0.15, -0.1) is 0 Å². The third-order valence-electron chi connectivity index (χ3n) is 4.98. The largest absolute Gasteiger partial charge is 0.295 e. The van der Waals surface area contributed by atoms with Crippen molar-refractivity contribution in [1.29, 1.82) is 5.26 Å². The number of nitrogens with one attached hydrogen (secondary N) is 1. The number of nitriles is 1. The van der Waals surface area contributed by atoms with Crippen LogP contribution in [0.4, 0.5) is 0 Å². The SMILES string of the molecule is CCN(Cc1cc(=O)n2[nH]cc(C#N)c2n1)C1CCc2ccccc21. The summed E-state index contributed by atoms with van der Waals surface area (Å²) >= 11 is 0.